The van der Waals surface area contributed by atoms with Gasteiger partial charge in [-0.1, -0.05) is 0 Å². The van der Waals surface area contributed by atoms with E-state index in [2.05, 4.69) is 4.74 Å². The molecule has 0 heterocycles. The summed E-state index contributed by atoms with van der Waals surface area (Å²) < 4.78 is 65.0. The van der Waals surface area contributed by atoms with Crippen LogP contribution in [-0.2, 0) is 16.0 Å². The highest BCUT2D eigenvalue weighted by Gasteiger charge is 2.41. The molecule has 0 amide bonds. The summed E-state index contributed by atoms with van der Waals surface area (Å²) >= 11 is 0. The highest BCUT2D eigenvalue weighted by molar-refractivity contribution is 5.75. The van der Waals surface area contributed by atoms with Gasteiger partial charge < -0.3 is 10.5 Å². The molecule has 0 saturated carbocycles. The molecule has 3 nitrogen and oxygen atoms in total. The summed E-state index contributed by atoms with van der Waals surface area (Å²) in [5, 5.41) is 0. The number of hydrogen-bond acceptors (Lipinski definition) is 3. The van der Waals surface area contributed by atoms with Crippen LogP contribution in [0.25, 0.3) is 0 Å². The average molecular weight is 283 g/mol. The molecule has 0 aliphatic heterocycles. The standard InChI is InChI=1S/C11H10F5NO2/c12-7-1-6(2-8(13)4-7)3-9(17)5-19-10(18)11(14,15)16/h1-2,4,9H,3,5,17H2/t9-/m0/s1. The Hall–Kier alpha value is -1.70. The third kappa shape index (κ3) is 5.21. The maximum absolute atomic E-state index is 12.8. The van der Waals surface area contributed by atoms with E-state index >= 15 is 0 Å². The first-order valence-corrected chi connectivity index (χ1v) is 5.13. The lowest BCUT2D eigenvalue weighted by Gasteiger charge is -2.13. The van der Waals surface area contributed by atoms with Gasteiger partial charge in [0.25, 0.3) is 0 Å². The molecule has 0 bridgehead atoms. The third-order valence-corrected chi connectivity index (χ3v) is 2.08. The maximum atomic E-state index is 12.8. The Morgan fingerprint density at radius 2 is 1.74 bits per heavy atom. The Labute approximate surface area is 105 Å². The second-order valence-electron chi connectivity index (χ2n) is 3.84. The van der Waals surface area contributed by atoms with Crippen molar-refractivity contribution in [2.75, 3.05) is 6.61 Å². The third-order valence-electron chi connectivity index (χ3n) is 2.08. The maximum Gasteiger partial charge on any atom is 0.490 e. The van der Waals surface area contributed by atoms with Gasteiger partial charge in [-0.3, -0.25) is 0 Å². The topological polar surface area (TPSA) is 52.3 Å². The Morgan fingerprint density at radius 3 is 2.21 bits per heavy atom. The van der Waals surface area contributed by atoms with Crippen LogP contribution in [0.1, 0.15) is 5.56 Å². The van der Waals surface area contributed by atoms with E-state index in [-0.39, 0.29) is 12.0 Å². The number of ether oxygens (including phenoxy) is 1. The van der Waals surface area contributed by atoms with Gasteiger partial charge in [0, 0.05) is 12.1 Å². The van der Waals surface area contributed by atoms with Gasteiger partial charge in [-0.15, -0.1) is 0 Å². The summed E-state index contributed by atoms with van der Waals surface area (Å²) in [4.78, 5) is 10.4. The van der Waals surface area contributed by atoms with Crippen molar-refractivity contribution in [1.29, 1.82) is 0 Å². The number of rotatable bonds is 4. The van der Waals surface area contributed by atoms with Crippen LogP contribution in [0.3, 0.4) is 0 Å². The van der Waals surface area contributed by atoms with Crippen molar-refractivity contribution in [3.63, 3.8) is 0 Å². The number of carbonyl (C=O) groups excluding carboxylic acids is 1. The SMILES string of the molecule is N[C@H](COC(=O)C(F)(F)F)Cc1cc(F)cc(F)c1. The van der Waals surface area contributed by atoms with Gasteiger partial charge in [-0.25, -0.2) is 13.6 Å². The van der Waals surface area contributed by atoms with Crippen molar-refractivity contribution >= 4 is 5.97 Å². The van der Waals surface area contributed by atoms with Crippen LogP contribution >= 0.6 is 0 Å². The van der Waals surface area contributed by atoms with Crippen molar-refractivity contribution in [1.82, 2.24) is 0 Å². The van der Waals surface area contributed by atoms with Gasteiger partial charge >= 0.3 is 12.1 Å². The van der Waals surface area contributed by atoms with E-state index in [1.165, 1.54) is 0 Å². The molecule has 0 aliphatic rings. The van der Waals surface area contributed by atoms with Crippen LogP contribution < -0.4 is 5.73 Å². The number of benzene rings is 1. The van der Waals surface area contributed by atoms with E-state index in [4.69, 9.17) is 5.73 Å². The van der Waals surface area contributed by atoms with E-state index < -0.39 is 36.4 Å². The Bertz CT molecular complexity index is 441. The zero-order chi connectivity index (χ0) is 14.6. The average Bonchev–Trinajstić information content (AvgIpc) is 2.22. The molecule has 106 valence electrons. The second kappa shape index (κ2) is 5.96. The minimum Gasteiger partial charge on any atom is -0.457 e. The van der Waals surface area contributed by atoms with Crippen LogP contribution in [0.5, 0.6) is 0 Å². The lowest BCUT2D eigenvalue weighted by molar-refractivity contribution is -0.200. The van der Waals surface area contributed by atoms with E-state index in [9.17, 15) is 26.7 Å². The number of esters is 1. The zero-order valence-electron chi connectivity index (χ0n) is 9.51. The molecular weight excluding hydrogens is 273 g/mol. The van der Waals surface area contributed by atoms with E-state index in [0.717, 1.165) is 12.1 Å². The van der Waals surface area contributed by atoms with Gasteiger partial charge in [0.05, 0.1) is 0 Å². The Morgan fingerprint density at radius 1 is 1.21 bits per heavy atom. The molecule has 0 saturated heterocycles. The van der Waals surface area contributed by atoms with Gasteiger partial charge in [-0.2, -0.15) is 13.2 Å². The fourth-order valence-corrected chi connectivity index (χ4v) is 1.36. The van der Waals surface area contributed by atoms with Crippen LogP contribution in [0, 0.1) is 11.6 Å². The summed E-state index contributed by atoms with van der Waals surface area (Å²) in [5.41, 5.74) is 5.57. The number of halogens is 5. The number of nitrogens with two attached hydrogens (primary N) is 1. The molecule has 1 atom stereocenters. The zero-order valence-corrected chi connectivity index (χ0v) is 9.51. The minimum absolute atomic E-state index is 0.125. The van der Waals surface area contributed by atoms with E-state index in [1.54, 1.807) is 0 Å². The minimum atomic E-state index is -5.09. The van der Waals surface area contributed by atoms with E-state index in [0.29, 0.717) is 6.07 Å². The van der Waals surface area contributed by atoms with Crippen LogP contribution in [0.2, 0.25) is 0 Å². The monoisotopic (exact) mass is 283 g/mol. The lowest BCUT2D eigenvalue weighted by Crippen LogP contribution is -2.34. The molecule has 0 fully saturated rings. The lowest BCUT2D eigenvalue weighted by atomic mass is 10.1. The fourth-order valence-electron chi connectivity index (χ4n) is 1.36. The highest BCUT2D eigenvalue weighted by atomic mass is 19.4. The number of carbonyl (C=O) groups is 1. The predicted molar refractivity (Wildman–Crippen MR) is 55.1 cm³/mol. The molecule has 1 aromatic rings. The fraction of sp³-hybridized carbons (Fsp3) is 0.364. The number of alkyl halides is 3. The molecule has 19 heavy (non-hydrogen) atoms. The van der Waals surface area contributed by atoms with Gasteiger partial charge in [0.1, 0.15) is 18.2 Å². The highest BCUT2D eigenvalue weighted by Crippen LogP contribution is 2.16. The summed E-state index contributed by atoms with van der Waals surface area (Å²) in [6.07, 6.45) is -5.22. The Balaban J connectivity index is 2.51. The first kappa shape index (κ1) is 15.4. The molecule has 0 aromatic heterocycles. The summed E-state index contributed by atoms with van der Waals surface area (Å²) in [6, 6.07) is 1.65. The van der Waals surface area contributed by atoms with E-state index in [1.807, 2.05) is 0 Å². The molecule has 1 aromatic carbocycles. The van der Waals surface area contributed by atoms with Crippen molar-refractivity contribution < 1.29 is 31.5 Å². The summed E-state index contributed by atoms with van der Waals surface area (Å²) in [6.45, 7) is -0.698. The summed E-state index contributed by atoms with van der Waals surface area (Å²) in [5.74, 6) is -4.00. The van der Waals surface area contributed by atoms with Crippen LogP contribution in [0.4, 0.5) is 22.0 Å². The first-order valence-electron chi connectivity index (χ1n) is 5.13. The summed E-state index contributed by atoms with van der Waals surface area (Å²) in [7, 11) is 0. The van der Waals surface area contributed by atoms with Crippen molar-refractivity contribution in [3.8, 4) is 0 Å². The van der Waals surface area contributed by atoms with Crippen molar-refractivity contribution in [3.05, 3.63) is 35.4 Å². The smallest absolute Gasteiger partial charge is 0.457 e. The van der Waals surface area contributed by atoms with Gasteiger partial charge in [-0.05, 0) is 24.1 Å². The molecule has 2 N–H and O–H groups in total. The molecule has 0 radical (unpaired) electrons. The predicted octanol–water partition coefficient (Wildman–Crippen LogP) is 1.94. The molecule has 0 unspecified atom stereocenters. The second-order valence-corrected chi connectivity index (χ2v) is 3.84. The largest absolute Gasteiger partial charge is 0.490 e. The first-order chi connectivity index (χ1) is 8.68. The van der Waals surface area contributed by atoms with Crippen LogP contribution in [0.15, 0.2) is 18.2 Å². The molecule has 0 spiro atoms. The number of hydrogen-bond donors (Lipinski definition) is 1. The normalized spacial score (nSPS) is 13.2. The molecular formula is C11H10F5NO2. The molecule has 8 heteroatoms. The molecule has 1 rings (SSSR count). The van der Waals surface area contributed by atoms with Gasteiger partial charge in [0.15, 0.2) is 0 Å². The molecule has 0 aliphatic carbocycles. The van der Waals surface area contributed by atoms with Crippen molar-refractivity contribution in [2.45, 2.75) is 18.6 Å². The van der Waals surface area contributed by atoms with Crippen LogP contribution in [-0.4, -0.2) is 24.8 Å². The quantitative estimate of drug-likeness (QED) is 0.678. The van der Waals surface area contributed by atoms with Crippen molar-refractivity contribution in [2.24, 2.45) is 5.73 Å². The van der Waals surface area contributed by atoms with Gasteiger partial charge in [0.2, 0.25) is 0 Å². The Kier molecular flexibility index (Phi) is 4.82.